The van der Waals surface area contributed by atoms with Crippen molar-refractivity contribution < 1.29 is 9.90 Å². The summed E-state index contributed by atoms with van der Waals surface area (Å²) in [5, 5.41) is 12.9. The average Bonchev–Trinajstić information content (AvgIpc) is 2.41. The van der Waals surface area contributed by atoms with Gasteiger partial charge in [0, 0.05) is 16.0 Å². The van der Waals surface area contributed by atoms with Crippen molar-refractivity contribution in [2.45, 2.75) is 13.5 Å². The molecule has 0 unspecified atom stereocenters. The highest BCUT2D eigenvalue weighted by Gasteiger charge is 2.06. The fourth-order valence-electron chi connectivity index (χ4n) is 1.79. The molecular weight excluding hydrogens is 342 g/mol. The van der Waals surface area contributed by atoms with Crippen molar-refractivity contribution in [3.05, 3.63) is 62.6 Å². The summed E-state index contributed by atoms with van der Waals surface area (Å²) in [5.74, 6) is -0.925. The lowest BCUT2D eigenvalue weighted by Crippen LogP contribution is -2.03. The maximum atomic E-state index is 10.9. The second-order valence-corrected chi connectivity index (χ2v) is 5.70. The first kappa shape index (κ1) is 14.9. The first-order valence-electron chi connectivity index (χ1n) is 5.99. The molecule has 0 radical (unpaired) electrons. The van der Waals surface area contributed by atoms with Crippen molar-refractivity contribution >= 4 is 39.2 Å². The van der Waals surface area contributed by atoms with Crippen LogP contribution in [-0.4, -0.2) is 11.1 Å². The maximum Gasteiger partial charge on any atom is 0.335 e. The highest BCUT2D eigenvalue weighted by Crippen LogP contribution is 2.29. The van der Waals surface area contributed by atoms with E-state index in [4.69, 9.17) is 16.7 Å². The lowest BCUT2D eigenvalue weighted by Gasteiger charge is -2.11. The molecule has 0 spiro atoms. The minimum atomic E-state index is -0.925. The topological polar surface area (TPSA) is 49.3 Å². The van der Waals surface area contributed by atoms with Gasteiger partial charge in [-0.15, -0.1) is 0 Å². The molecule has 2 aromatic rings. The Hall–Kier alpha value is -1.52. The van der Waals surface area contributed by atoms with Crippen molar-refractivity contribution in [3.63, 3.8) is 0 Å². The van der Waals surface area contributed by atoms with Crippen LogP contribution in [0.5, 0.6) is 0 Å². The van der Waals surface area contributed by atoms with E-state index in [9.17, 15) is 4.79 Å². The molecule has 0 aromatic heterocycles. The number of carboxylic acid groups (broad SMARTS) is 1. The van der Waals surface area contributed by atoms with Crippen LogP contribution in [-0.2, 0) is 6.54 Å². The van der Waals surface area contributed by atoms with Crippen LogP contribution in [0.3, 0.4) is 0 Å². The Morgan fingerprint density at radius 3 is 2.80 bits per heavy atom. The number of hydrogen-bond acceptors (Lipinski definition) is 2. The molecule has 0 fully saturated rings. The highest BCUT2D eigenvalue weighted by atomic mass is 79.9. The van der Waals surface area contributed by atoms with Crippen LogP contribution in [0.25, 0.3) is 0 Å². The zero-order valence-corrected chi connectivity index (χ0v) is 13.1. The number of hydrogen-bond donors (Lipinski definition) is 2. The summed E-state index contributed by atoms with van der Waals surface area (Å²) in [6, 6.07) is 10.6. The Bertz CT molecular complexity index is 658. The van der Waals surface area contributed by atoms with E-state index in [2.05, 4.69) is 21.2 Å². The number of benzene rings is 2. The van der Waals surface area contributed by atoms with Gasteiger partial charge < -0.3 is 10.4 Å². The third-order valence-electron chi connectivity index (χ3n) is 2.91. The molecule has 20 heavy (non-hydrogen) atoms. The smallest absolute Gasteiger partial charge is 0.335 e. The fraction of sp³-hybridized carbons (Fsp3) is 0.133. The fourth-order valence-corrected chi connectivity index (χ4v) is 2.56. The summed E-state index contributed by atoms with van der Waals surface area (Å²) in [7, 11) is 0. The minimum absolute atomic E-state index is 0.283. The lowest BCUT2D eigenvalue weighted by atomic mass is 10.1. The van der Waals surface area contributed by atoms with Gasteiger partial charge >= 0.3 is 5.97 Å². The van der Waals surface area contributed by atoms with Gasteiger partial charge in [0.2, 0.25) is 0 Å². The van der Waals surface area contributed by atoms with E-state index < -0.39 is 5.97 Å². The summed E-state index contributed by atoms with van der Waals surface area (Å²) < 4.78 is 0.925. The molecule has 0 aliphatic carbocycles. The van der Waals surface area contributed by atoms with Crippen LogP contribution in [0, 0.1) is 6.92 Å². The van der Waals surface area contributed by atoms with Gasteiger partial charge in [-0.1, -0.05) is 23.7 Å². The van der Waals surface area contributed by atoms with E-state index in [0.717, 1.165) is 21.3 Å². The van der Waals surface area contributed by atoms with Gasteiger partial charge in [-0.2, -0.15) is 0 Å². The molecule has 0 bridgehead atoms. The van der Waals surface area contributed by atoms with Crippen LogP contribution >= 0.6 is 27.5 Å². The molecule has 5 heteroatoms. The molecule has 3 nitrogen and oxygen atoms in total. The minimum Gasteiger partial charge on any atom is -0.478 e. The van der Waals surface area contributed by atoms with E-state index in [1.807, 2.05) is 25.1 Å². The van der Waals surface area contributed by atoms with E-state index in [0.29, 0.717) is 11.6 Å². The molecule has 2 N–H and O–H groups in total. The van der Waals surface area contributed by atoms with Gasteiger partial charge in [0.15, 0.2) is 0 Å². The van der Waals surface area contributed by atoms with Crippen molar-refractivity contribution in [2.75, 3.05) is 5.32 Å². The average molecular weight is 355 g/mol. The van der Waals surface area contributed by atoms with E-state index >= 15 is 0 Å². The summed E-state index contributed by atoms with van der Waals surface area (Å²) in [6.07, 6.45) is 0. The zero-order valence-electron chi connectivity index (χ0n) is 10.8. The van der Waals surface area contributed by atoms with Crippen LogP contribution in [0.2, 0.25) is 5.02 Å². The van der Waals surface area contributed by atoms with Gasteiger partial charge in [-0.05, 0) is 58.2 Å². The second kappa shape index (κ2) is 6.29. The Morgan fingerprint density at radius 1 is 1.35 bits per heavy atom. The summed E-state index contributed by atoms with van der Waals surface area (Å²) in [6.45, 7) is 2.46. The van der Waals surface area contributed by atoms with E-state index in [1.54, 1.807) is 18.2 Å². The van der Waals surface area contributed by atoms with Crippen LogP contribution in [0.4, 0.5) is 5.69 Å². The van der Waals surface area contributed by atoms with Gasteiger partial charge in [-0.3, -0.25) is 0 Å². The molecule has 104 valence electrons. The van der Waals surface area contributed by atoms with Crippen molar-refractivity contribution in [3.8, 4) is 0 Å². The molecule has 0 amide bonds. The monoisotopic (exact) mass is 353 g/mol. The summed E-state index contributed by atoms with van der Waals surface area (Å²) in [5.41, 5.74) is 3.05. The predicted molar refractivity (Wildman–Crippen MR) is 84.6 cm³/mol. The van der Waals surface area contributed by atoms with Crippen LogP contribution < -0.4 is 5.32 Å². The van der Waals surface area contributed by atoms with Crippen molar-refractivity contribution in [1.29, 1.82) is 0 Å². The van der Waals surface area contributed by atoms with Crippen LogP contribution in [0.15, 0.2) is 40.9 Å². The Kier molecular flexibility index (Phi) is 4.68. The largest absolute Gasteiger partial charge is 0.478 e. The number of halogens is 2. The van der Waals surface area contributed by atoms with Crippen molar-refractivity contribution in [2.24, 2.45) is 0 Å². The summed E-state index contributed by atoms with van der Waals surface area (Å²) in [4.78, 5) is 10.9. The number of carbonyl (C=O) groups is 1. The molecule has 2 rings (SSSR count). The molecular formula is C15H13BrClNO2. The molecule has 0 saturated carbocycles. The highest BCUT2D eigenvalue weighted by molar-refractivity contribution is 9.10. The van der Waals surface area contributed by atoms with Gasteiger partial charge in [0.05, 0.1) is 11.3 Å². The lowest BCUT2D eigenvalue weighted by molar-refractivity contribution is 0.0697. The second-order valence-electron chi connectivity index (χ2n) is 4.44. The Morgan fingerprint density at radius 2 is 2.10 bits per heavy atom. The quantitative estimate of drug-likeness (QED) is 0.835. The zero-order chi connectivity index (χ0) is 14.7. The number of aryl methyl sites for hydroxylation is 1. The van der Waals surface area contributed by atoms with Crippen LogP contribution in [0.1, 0.15) is 21.5 Å². The predicted octanol–water partition coefficient (Wildman–Crippen LogP) is 4.72. The molecule has 2 aromatic carbocycles. The van der Waals surface area contributed by atoms with Gasteiger partial charge in [-0.25, -0.2) is 4.79 Å². The standard InChI is InChI=1S/C15H13BrClNO2/c1-9-5-12(16)14(7-13(9)17)18-8-10-3-2-4-11(6-10)15(19)20/h2-7,18H,8H2,1H3,(H,19,20). The van der Waals surface area contributed by atoms with Gasteiger partial charge in [0.1, 0.15) is 0 Å². The normalized spacial score (nSPS) is 10.3. The summed E-state index contributed by atoms with van der Waals surface area (Å²) >= 11 is 9.57. The number of aromatic carboxylic acids is 1. The molecule has 0 heterocycles. The number of nitrogens with one attached hydrogen (secondary N) is 1. The third-order valence-corrected chi connectivity index (χ3v) is 3.97. The third kappa shape index (κ3) is 3.52. The Balaban J connectivity index is 2.15. The first-order valence-corrected chi connectivity index (χ1v) is 7.16. The SMILES string of the molecule is Cc1cc(Br)c(NCc2cccc(C(=O)O)c2)cc1Cl. The first-order chi connectivity index (χ1) is 9.47. The molecule has 0 saturated heterocycles. The number of anilines is 1. The molecule has 0 aliphatic rings. The van der Waals surface area contributed by atoms with Crippen molar-refractivity contribution in [1.82, 2.24) is 0 Å². The maximum absolute atomic E-state index is 10.9. The van der Waals surface area contributed by atoms with E-state index in [1.165, 1.54) is 0 Å². The van der Waals surface area contributed by atoms with E-state index in [-0.39, 0.29) is 5.56 Å². The molecule has 0 atom stereocenters. The van der Waals surface area contributed by atoms with Gasteiger partial charge in [0.25, 0.3) is 0 Å². The Labute approximate surface area is 130 Å². The number of rotatable bonds is 4. The number of carboxylic acids is 1. The molecule has 0 aliphatic heterocycles.